The van der Waals surface area contributed by atoms with Crippen molar-refractivity contribution in [1.82, 2.24) is 5.32 Å². The van der Waals surface area contributed by atoms with Crippen molar-refractivity contribution in [2.24, 2.45) is 0 Å². The zero-order valence-electron chi connectivity index (χ0n) is 10.5. The van der Waals surface area contributed by atoms with E-state index in [4.69, 9.17) is 0 Å². The van der Waals surface area contributed by atoms with Crippen LogP contribution in [0.4, 0.5) is 5.69 Å². The normalized spacial score (nSPS) is 12.0. The van der Waals surface area contributed by atoms with E-state index in [1.165, 1.54) is 0 Å². The SMILES string of the molecule is CCC(C)NC(=O)CNc1cc(Br)ccc1C. The van der Waals surface area contributed by atoms with E-state index >= 15 is 0 Å². The summed E-state index contributed by atoms with van der Waals surface area (Å²) in [5.41, 5.74) is 2.11. The number of carbonyl (C=O) groups is 1. The molecule has 0 fully saturated rings. The van der Waals surface area contributed by atoms with Crippen molar-refractivity contribution < 1.29 is 4.79 Å². The molecule has 0 saturated heterocycles. The summed E-state index contributed by atoms with van der Waals surface area (Å²) in [7, 11) is 0. The van der Waals surface area contributed by atoms with Crippen LogP contribution in [0, 0.1) is 6.92 Å². The molecule has 0 aliphatic carbocycles. The third-order valence-corrected chi connectivity index (χ3v) is 3.15. The average molecular weight is 299 g/mol. The van der Waals surface area contributed by atoms with Gasteiger partial charge in [0.05, 0.1) is 6.54 Å². The Morgan fingerprint density at radius 2 is 2.18 bits per heavy atom. The van der Waals surface area contributed by atoms with Crippen LogP contribution in [0.25, 0.3) is 0 Å². The molecule has 0 bridgehead atoms. The first-order chi connectivity index (χ1) is 8.02. The second kappa shape index (κ2) is 6.64. The summed E-state index contributed by atoms with van der Waals surface area (Å²) in [5.74, 6) is 0.0266. The number of rotatable bonds is 5. The number of nitrogens with one attached hydrogen (secondary N) is 2. The molecular formula is C13H19BrN2O. The van der Waals surface area contributed by atoms with Crippen molar-refractivity contribution in [1.29, 1.82) is 0 Å². The Labute approximate surface area is 111 Å². The third-order valence-electron chi connectivity index (χ3n) is 2.66. The maximum absolute atomic E-state index is 11.6. The lowest BCUT2D eigenvalue weighted by Crippen LogP contribution is -2.36. The Hall–Kier alpha value is -1.03. The number of hydrogen-bond acceptors (Lipinski definition) is 2. The summed E-state index contributed by atoms with van der Waals surface area (Å²) in [4.78, 5) is 11.6. The van der Waals surface area contributed by atoms with Gasteiger partial charge >= 0.3 is 0 Å². The van der Waals surface area contributed by atoms with Crippen LogP contribution in [-0.2, 0) is 4.79 Å². The predicted octanol–water partition coefficient (Wildman–Crippen LogP) is 3.08. The molecule has 1 rings (SSSR count). The number of anilines is 1. The molecule has 1 atom stereocenters. The van der Waals surface area contributed by atoms with Gasteiger partial charge in [-0.3, -0.25) is 4.79 Å². The number of aryl methyl sites for hydroxylation is 1. The first-order valence-corrected chi connectivity index (χ1v) is 6.61. The summed E-state index contributed by atoms with van der Waals surface area (Å²) in [5, 5.41) is 6.06. The van der Waals surface area contributed by atoms with E-state index in [0.29, 0.717) is 6.54 Å². The summed E-state index contributed by atoms with van der Waals surface area (Å²) < 4.78 is 1.01. The molecule has 1 amide bonds. The highest BCUT2D eigenvalue weighted by molar-refractivity contribution is 9.10. The average Bonchev–Trinajstić information content (AvgIpc) is 2.30. The molecular weight excluding hydrogens is 280 g/mol. The lowest BCUT2D eigenvalue weighted by atomic mass is 10.2. The smallest absolute Gasteiger partial charge is 0.239 e. The van der Waals surface area contributed by atoms with Gasteiger partial charge in [0.15, 0.2) is 0 Å². The fraction of sp³-hybridized carbons (Fsp3) is 0.462. The van der Waals surface area contributed by atoms with E-state index in [9.17, 15) is 4.79 Å². The van der Waals surface area contributed by atoms with Gasteiger partial charge in [-0.1, -0.05) is 28.9 Å². The molecule has 0 spiro atoms. The van der Waals surface area contributed by atoms with Gasteiger partial charge in [0.1, 0.15) is 0 Å². The Morgan fingerprint density at radius 1 is 1.47 bits per heavy atom. The maximum Gasteiger partial charge on any atom is 0.239 e. The fourth-order valence-corrected chi connectivity index (χ4v) is 1.75. The Bertz CT molecular complexity index is 393. The fourth-order valence-electron chi connectivity index (χ4n) is 1.39. The minimum Gasteiger partial charge on any atom is -0.376 e. The van der Waals surface area contributed by atoms with Crippen molar-refractivity contribution in [3.05, 3.63) is 28.2 Å². The molecule has 0 radical (unpaired) electrons. The van der Waals surface area contributed by atoms with Crippen LogP contribution >= 0.6 is 15.9 Å². The Morgan fingerprint density at radius 3 is 2.82 bits per heavy atom. The Balaban J connectivity index is 2.50. The van der Waals surface area contributed by atoms with Crippen molar-refractivity contribution in [3.63, 3.8) is 0 Å². The van der Waals surface area contributed by atoms with Crippen molar-refractivity contribution >= 4 is 27.5 Å². The van der Waals surface area contributed by atoms with Gasteiger partial charge in [0, 0.05) is 16.2 Å². The van der Waals surface area contributed by atoms with Gasteiger partial charge in [-0.25, -0.2) is 0 Å². The lowest BCUT2D eigenvalue weighted by Gasteiger charge is -2.13. The molecule has 0 heterocycles. The van der Waals surface area contributed by atoms with E-state index in [1.807, 2.05) is 32.0 Å². The second-order valence-corrected chi connectivity index (χ2v) is 5.11. The van der Waals surface area contributed by atoms with Gasteiger partial charge in [-0.05, 0) is 38.0 Å². The first kappa shape index (κ1) is 14.0. The van der Waals surface area contributed by atoms with E-state index in [-0.39, 0.29) is 11.9 Å². The number of amides is 1. The van der Waals surface area contributed by atoms with Crippen LogP contribution in [0.2, 0.25) is 0 Å². The first-order valence-electron chi connectivity index (χ1n) is 5.82. The number of carbonyl (C=O) groups excluding carboxylic acids is 1. The van der Waals surface area contributed by atoms with Gasteiger partial charge in [-0.15, -0.1) is 0 Å². The monoisotopic (exact) mass is 298 g/mol. The molecule has 4 heteroatoms. The molecule has 1 aromatic rings. The number of halogens is 1. The summed E-state index contributed by atoms with van der Waals surface area (Å²) in [6.45, 7) is 6.38. The molecule has 3 nitrogen and oxygen atoms in total. The highest BCUT2D eigenvalue weighted by Crippen LogP contribution is 2.20. The molecule has 1 unspecified atom stereocenters. The highest BCUT2D eigenvalue weighted by Gasteiger charge is 2.06. The molecule has 0 saturated carbocycles. The van der Waals surface area contributed by atoms with Gasteiger partial charge in [-0.2, -0.15) is 0 Å². The van der Waals surface area contributed by atoms with Crippen molar-refractivity contribution in [3.8, 4) is 0 Å². The van der Waals surface area contributed by atoms with Gasteiger partial charge in [0.25, 0.3) is 0 Å². The standard InChI is InChI=1S/C13H19BrN2O/c1-4-10(3)16-13(17)8-15-12-7-11(14)6-5-9(12)2/h5-7,10,15H,4,8H2,1-3H3,(H,16,17). The maximum atomic E-state index is 11.6. The van der Waals surface area contributed by atoms with Crippen molar-refractivity contribution in [2.45, 2.75) is 33.2 Å². The largest absolute Gasteiger partial charge is 0.376 e. The van der Waals surface area contributed by atoms with Gasteiger partial charge < -0.3 is 10.6 Å². The van der Waals surface area contributed by atoms with Crippen LogP contribution in [0.3, 0.4) is 0 Å². The van der Waals surface area contributed by atoms with E-state index in [2.05, 4.69) is 33.5 Å². The third kappa shape index (κ3) is 4.77. The van der Waals surface area contributed by atoms with Crippen LogP contribution in [-0.4, -0.2) is 18.5 Å². The summed E-state index contributed by atoms with van der Waals surface area (Å²) in [6, 6.07) is 6.21. The van der Waals surface area contributed by atoms with Crippen LogP contribution in [0.1, 0.15) is 25.8 Å². The zero-order valence-corrected chi connectivity index (χ0v) is 12.1. The molecule has 2 N–H and O–H groups in total. The predicted molar refractivity (Wildman–Crippen MR) is 75.3 cm³/mol. The van der Waals surface area contributed by atoms with Gasteiger partial charge in [0.2, 0.25) is 5.91 Å². The lowest BCUT2D eigenvalue weighted by molar-refractivity contribution is -0.120. The second-order valence-electron chi connectivity index (χ2n) is 4.19. The molecule has 0 aliphatic rings. The number of benzene rings is 1. The molecule has 94 valence electrons. The van der Waals surface area contributed by atoms with Crippen LogP contribution < -0.4 is 10.6 Å². The van der Waals surface area contributed by atoms with E-state index < -0.39 is 0 Å². The Kier molecular flexibility index (Phi) is 5.48. The van der Waals surface area contributed by atoms with E-state index in [0.717, 1.165) is 22.1 Å². The topological polar surface area (TPSA) is 41.1 Å². The minimum atomic E-state index is 0.0266. The highest BCUT2D eigenvalue weighted by atomic mass is 79.9. The summed E-state index contributed by atoms with van der Waals surface area (Å²) >= 11 is 3.41. The van der Waals surface area contributed by atoms with E-state index in [1.54, 1.807) is 0 Å². The molecule has 17 heavy (non-hydrogen) atoms. The molecule has 1 aromatic carbocycles. The molecule has 0 aliphatic heterocycles. The van der Waals surface area contributed by atoms with Crippen LogP contribution in [0.15, 0.2) is 22.7 Å². The quantitative estimate of drug-likeness (QED) is 0.877. The molecule has 0 aromatic heterocycles. The summed E-state index contributed by atoms with van der Waals surface area (Å²) in [6.07, 6.45) is 0.946. The number of hydrogen-bond donors (Lipinski definition) is 2. The minimum absolute atomic E-state index is 0.0266. The van der Waals surface area contributed by atoms with Crippen molar-refractivity contribution in [2.75, 3.05) is 11.9 Å². The van der Waals surface area contributed by atoms with Crippen LogP contribution in [0.5, 0.6) is 0 Å². The zero-order chi connectivity index (χ0) is 12.8.